The van der Waals surface area contributed by atoms with Gasteiger partial charge in [0.15, 0.2) is 0 Å². The number of benzene rings is 2. The van der Waals surface area contributed by atoms with Crippen LogP contribution in [-0.4, -0.2) is 40.8 Å². The summed E-state index contributed by atoms with van der Waals surface area (Å²) >= 11 is 0. The van der Waals surface area contributed by atoms with E-state index < -0.39 is 24.7 Å². The molecule has 0 aliphatic rings. The largest absolute Gasteiger partial charge is 0.391 e. The molecule has 0 aliphatic heterocycles. The van der Waals surface area contributed by atoms with Gasteiger partial charge in [0.2, 0.25) is 11.8 Å². The van der Waals surface area contributed by atoms with Crippen LogP contribution < -0.4 is 10.6 Å². The number of aliphatic hydroxyl groups is 2. The molecule has 0 fully saturated rings. The van der Waals surface area contributed by atoms with Crippen LogP contribution >= 0.6 is 0 Å². The Bertz CT molecular complexity index is 821. The molecule has 2 rings (SSSR count). The highest BCUT2D eigenvalue weighted by atomic mass is 16.3. The molecule has 4 N–H and O–H groups in total. The number of carbonyl (C=O) groups excluding carboxylic acids is 2. The van der Waals surface area contributed by atoms with E-state index in [0.717, 1.165) is 11.1 Å². The van der Waals surface area contributed by atoms with E-state index in [-0.39, 0.29) is 12.3 Å². The van der Waals surface area contributed by atoms with Crippen molar-refractivity contribution in [1.82, 2.24) is 5.32 Å². The van der Waals surface area contributed by atoms with Crippen LogP contribution in [0.15, 0.2) is 54.6 Å². The Morgan fingerprint density at radius 1 is 0.963 bits per heavy atom. The highest BCUT2D eigenvalue weighted by molar-refractivity contribution is 5.91. The van der Waals surface area contributed by atoms with Crippen molar-refractivity contribution in [3.63, 3.8) is 0 Å². The maximum Gasteiger partial charge on any atom is 0.246 e. The normalized spacial score (nSPS) is 12.3. The molecule has 6 nitrogen and oxygen atoms in total. The molecule has 2 aromatic carbocycles. The minimum absolute atomic E-state index is 0.112. The Kier molecular flexibility index (Phi) is 7.56. The van der Waals surface area contributed by atoms with Crippen LogP contribution in [0, 0.1) is 11.8 Å². The first-order valence-electron chi connectivity index (χ1n) is 8.53. The summed E-state index contributed by atoms with van der Waals surface area (Å²) in [5.41, 5.74) is 2.32. The summed E-state index contributed by atoms with van der Waals surface area (Å²) in [5.74, 6) is 5.10. The Morgan fingerprint density at radius 2 is 1.56 bits per heavy atom. The van der Waals surface area contributed by atoms with Crippen molar-refractivity contribution in [3.8, 4) is 11.8 Å². The number of nitrogens with one attached hydrogen (secondary N) is 2. The van der Waals surface area contributed by atoms with Gasteiger partial charge in [-0.3, -0.25) is 9.59 Å². The van der Waals surface area contributed by atoms with E-state index in [1.807, 2.05) is 30.3 Å². The molecule has 0 saturated heterocycles. The van der Waals surface area contributed by atoms with Crippen molar-refractivity contribution >= 4 is 17.5 Å². The average Bonchev–Trinajstić information content (AvgIpc) is 2.67. The lowest BCUT2D eigenvalue weighted by Crippen LogP contribution is -2.45. The van der Waals surface area contributed by atoms with Crippen molar-refractivity contribution in [2.45, 2.75) is 25.5 Å². The van der Waals surface area contributed by atoms with Crippen molar-refractivity contribution in [1.29, 1.82) is 0 Å². The summed E-state index contributed by atoms with van der Waals surface area (Å²) in [6, 6.07) is 15.9. The third kappa shape index (κ3) is 6.94. The topological polar surface area (TPSA) is 98.7 Å². The SMILES string of the molecule is C[C@@H](O)[C@@H](CC(=O)Nc1ccc(C#Cc2ccccc2)cc1)NC(=O)CO. The third-order valence-electron chi connectivity index (χ3n) is 3.77. The van der Waals surface area contributed by atoms with Gasteiger partial charge in [0, 0.05) is 23.2 Å². The lowest BCUT2D eigenvalue weighted by Gasteiger charge is -2.20. The van der Waals surface area contributed by atoms with E-state index >= 15 is 0 Å². The first kappa shape index (κ1) is 20.2. The molecule has 2 amide bonds. The summed E-state index contributed by atoms with van der Waals surface area (Å²) in [7, 11) is 0. The molecular weight excluding hydrogens is 344 g/mol. The van der Waals surface area contributed by atoms with E-state index in [1.54, 1.807) is 24.3 Å². The highest BCUT2D eigenvalue weighted by Crippen LogP contribution is 2.11. The molecule has 0 unspecified atom stereocenters. The quantitative estimate of drug-likeness (QED) is 0.579. The molecule has 0 bridgehead atoms. The zero-order chi connectivity index (χ0) is 19.6. The van der Waals surface area contributed by atoms with E-state index in [0.29, 0.717) is 5.69 Å². The second kappa shape index (κ2) is 10.1. The lowest BCUT2D eigenvalue weighted by molar-refractivity contribution is -0.126. The van der Waals surface area contributed by atoms with Gasteiger partial charge >= 0.3 is 0 Å². The first-order chi connectivity index (χ1) is 13.0. The highest BCUT2D eigenvalue weighted by Gasteiger charge is 2.20. The average molecular weight is 366 g/mol. The van der Waals surface area contributed by atoms with Gasteiger partial charge in [-0.2, -0.15) is 0 Å². The summed E-state index contributed by atoms with van der Waals surface area (Å²) in [6.45, 7) is 0.770. The van der Waals surface area contributed by atoms with Gasteiger partial charge in [0.25, 0.3) is 0 Å². The van der Waals surface area contributed by atoms with Gasteiger partial charge in [-0.1, -0.05) is 30.0 Å². The maximum absolute atomic E-state index is 12.1. The molecule has 0 aromatic heterocycles. The van der Waals surface area contributed by atoms with Crippen LogP contribution in [0.3, 0.4) is 0 Å². The minimum atomic E-state index is -0.929. The molecule has 0 heterocycles. The van der Waals surface area contributed by atoms with Gasteiger partial charge in [-0.05, 0) is 43.3 Å². The van der Waals surface area contributed by atoms with E-state index in [4.69, 9.17) is 5.11 Å². The van der Waals surface area contributed by atoms with E-state index in [2.05, 4.69) is 22.5 Å². The smallest absolute Gasteiger partial charge is 0.246 e. The fourth-order valence-corrected chi connectivity index (χ4v) is 2.31. The predicted molar refractivity (Wildman–Crippen MR) is 103 cm³/mol. The number of rotatable bonds is 6. The summed E-state index contributed by atoms with van der Waals surface area (Å²) in [5, 5.41) is 23.6. The molecule has 2 aromatic rings. The summed E-state index contributed by atoms with van der Waals surface area (Å²) < 4.78 is 0. The molecule has 2 atom stereocenters. The van der Waals surface area contributed by atoms with Gasteiger partial charge in [0.1, 0.15) is 6.61 Å². The lowest BCUT2D eigenvalue weighted by atomic mass is 10.1. The molecule has 0 radical (unpaired) electrons. The predicted octanol–water partition coefficient (Wildman–Crippen LogP) is 1.27. The fourth-order valence-electron chi connectivity index (χ4n) is 2.31. The van der Waals surface area contributed by atoms with Crippen molar-refractivity contribution in [2.24, 2.45) is 0 Å². The fraction of sp³-hybridized carbons (Fsp3) is 0.238. The van der Waals surface area contributed by atoms with Crippen LogP contribution in [-0.2, 0) is 9.59 Å². The van der Waals surface area contributed by atoms with Gasteiger partial charge < -0.3 is 20.8 Å². The number of hydrogen-bond acceptors (Lipinski definition) is 4. The monoisotopic (exact) mass is 366 g/mol. The van der Waals surface area contributed by atoms with Crippen LogP contribution in [0.25, 0.3) is 0 Å². The van der Waals surface area contributed by atoms with Gasteiger partial charge in [0.05, 0.1) is 12.1 Å². The Hall–Kier alpha value is -3.14. The van der Waals surface area contributed by atoms with Crippen molar-refractivity contribution < 1.29 is 19.8 Å². The second-order valence-electron chi connectivity index (χ2n) is 6.02. The number of anilines is 1. The van der Waals surface area contributed by atoms with Crippen LogP contribution in [0.2, 0.25) is 0 Å². The van der Waals surface area contributed by atoms with Crippen molar-refractivity contribution in [3.05, 3.63) is 65.7 Å². The number of hydrogen-bond donors (Lipinski definition) is 4. The number of amides is 2. The first-order valence-corrected chi connectivity index (χ1v) is 8.53. The second-order valence-corrected chi connectivity index (χ2v) is 6.02. The standard InChI is InChI=1S/C21H22N2O4/c1-15(25)19(23-21(27)14-24)13-20(26)22-18-11-9-17(10-12-18)8-7-16-5-3-2-4-6-16/h2-6,9-12,15,19,24-25H,13-14H2,1H3,(H,22,26)(H,23,27)/t15-,19-/m1/s1. The molecule has 0 spiro atoms. The Labute approximate surface area is 158 Å². The summed E-state index contributed by atoms with van der Waals surface area (Å²) in [6.07, 6.45) is -1.04. The molecule has 27 heavy (non-hydrogen) atoms. The summed E-state index contributed by atoms with van der Waals surface area (Å²) in [4.78, 5) is 23.4. The van der Waals surface area contributed by atoms with Crippen LogP contribution in [0.5, 0.6) is 0 Å². The molecule has 6 heteroatoms. The minimum Gasteiger partial charge on any atom is -0.391 e. The van der Waals surface area contributed by atoms with E-state index in [1.165, 1.54) is 6.92 Å². The van der Waals surface area contributed by atoms with Gasteiger partial charge in [-0.15, -0.1) is 0 Å². The maximum atomic E-state index is 12.1. The van der Waals surface area contributed by atoms with E-state index in [9.17, 15) is 14.7 Å². The Balaban J connectivity index is 1.94. The zero-order valence-corrected chi connectivity index (χ0v) is 15.0. The van der Waals surface area contributed by atoms with Gasteiger partial charge in [-0.25, -0.2) is 0 Å². The molecule has 0 saturated carbocycles. The van der Waals surface area contributed by atoms with Crippen molar-refractivity contribution in [2.75, 3.05) is 11.9 Å². The molecular formula is C21H22N2O4. The number of carbonyl (C=O) groups is 2. The third-order valence-corrected chi connectivity index (χ3v) is 3.77. The van der Waals surface area contributed by atoms with Crippen LogP contribution in [0.1, 0.15) is 24.5 Å². The Morgan fingerprint density at radius 3 is 2.11 bits per heavy atom. The molecule has 140 valence electrons. The van der Waals surface area contributed by atoms with Crippen LogP contribution in [0.4, 0.5) is 5.69 Å². The zero-order valence-electron chi connectivity index (χ0n) is 15.0. The number of aliphatic hydroxyl groups excluding tert-OH is 2. The molecule has 0 aliphatic carbocycles.